The number of carbonyl (C=O) groups is 2. The van der Waals surface area contributed by atoms with Crippen LogP contribution in [0.15, 0.2) is 42.7 Å². The zero-order valence-electron chi connectivity index (χ0n) is 11.6. The van der Waals surface area contributed by atoms with Gasteiger partial charge in [0.1, 0.15) is 0 Å². The van der Waals surface area contributed by atoms with E-state index >= 15 is 0 Å². The Kier molecular flexibility index (Phi) is 7.98. The molecule has 0 heterocycles. The van der Waals surface area contributed by atoms with E-state index in [0.29, 0.717) is 0 Å². The van der Waals surface area contributed by atoms with Crippen molar-refractivity contribution >= 4 is 11.9 Å². The molecule has 0 fully saturated rings. The van der Waals surface area contributed by atoms with Gasteiger partial charge < -0.3 is 9.47 Å². The lowest BCUT2D eigenvalue weighted by atomic mass is 9.80. The molecule has 0 rings (SSSR count). The monoisotopic (exact) mass is 264 g/mol. The van der Waals surface area contributed by atoms with E-state index in [1.165, 1.54) is 14.2 Å². The van der Waals surface area contributed by atoms with Crippen molar-refractivity contribution in [1.82, 2.24) is 0 Å². The minimum absolute atomic E-state index is 0.165. The van der Waals surface area contributed by atoms with E-state index in [2.05, 4.69) is 12.3 Å². The first-order valence-electron chi connectivity index (χ1n) is 5.89. The topological polar surface area (TPSA) is 52.6 Å². The van der Waals surface area contributed by atoms with Crippen LogP contribution in [0.25, 0.3) is 0 Å². The largest absolute Gasteiger partial charge is 0.468 e. The summed E-state index contributed by atoms with van der Waals surface area (Å²) in [5.74, 6) is -1.25. The molecule has 0 saturated heterocycles. The Balaban J connectivity index is 5.49. The molecule has 0 spiro atoms. The van der Waals surface area contributed by atoms with E-state index < -0.39 is 17.4 Å². The Labute approximate surface area is 114 Å². The summed E-state index contributed by atoms with van der Waals surface area (Å²) in [5.41, 5.74) is 1.47. The molecule has 0 aliphatic carbocycles. The first kappa shape index (κ1) is 16.9. The first-order valence-corrected chi connectivity index (χ1v) is 5.89. The Morgan fingerprint density at radius 2 is 1.79 bits per heavy atom. The predicted molar refractivity (Wildman–Crippen MR) is 73.4 cm³/mol. The molecule has 0 aromatic carbocycles. The van der Waals surface area contributed by atoms with Crippen LogP contribution in [-0.2, 0) is 19.1 Å². The van der Waals surface area contributed by atoms with Crippen molar-refractivity contribution in [3.8, 4) is 0 Å². The molecule has 0 N–H and O–H groups in total. The van der Waals surface area contributed by atoms with E-state index in [0.717, 1.165) is 0 Å². The number of hydrogen-bond donors (Lipinski definition) is 0. The average molecular weight is 264 g/mol. The van der Waals surface area contributed by atoms with Gasteiger partial charge in [-0.1, -0.05) is 24.8 Å². The SMILES string of the molecule is C=C/C=C/CC(CC=C=CC)(C(=O)OC)C(=O)OC. The van der Waals surface area contributed by atoms with Crippen LogP contribution < -0.4 is 0 Å². The fourth-order valence-electron chi connectivity index (χ4n) is 1.61. The molecular weight excluding hydrogens is 244 g/mol. The third-order valence-electron chi connectivity index (χ3n) is 2.63. The highest BCUT2D eigenvalue weighted by atomic mass is 16.5. The lowest BCUT2D eigenvalue weighted by Gasteiger charge is -2.25. The van der Waals surface area contributed by atoms with Crippen LogP contribution in [0.2, 0.25) is 0 Å². The highest BCUT2D eigenvalue weighted by molar-refractivity contribution is 6.00. The van der Waals surface area contributed by atoms with Gasteiger partial charge in [-0.3, -0.25) is 9.59 Å². The van der Waals surface area contributed by atoms with Crippen LogP contribution in [0.3, 0.4) is 0 Å². The van der Waals surface area contributed by atoms with Crippen molar-refractivity contribution in [3.63, 3.8) is 0 Å². The van der Waals surface area contributed by atoms with E-state index in [1.807, 2.05) is 0 Å². The third kappa shape index (κ3) is 4.60. The second-order valence-electron chi connectivity index (χ2n) is 3.80. The van der Waals surface area contributed by atoms with Crippen molar-refractivity contribution in [1.29, 1.82) is 0 Å². The lowest BCUT2D eigenvalue weighted by molar-refractivity contribution is -0.168. The Bertz CT molecular complexity index is 396. The number of carbonyl (C=O) groups excluding carboxylic acids is 2. The maximum atomic E-state index is 12.0. The molecule has 4 heteroatoms. The fraction of sp³-hybridized carbons (Fsp3) is 0.400. The van der Waals surface area contributed by atoms with E-state index in [4.69, 9.17) is 9.47 Å². The van der Waals surface area contributed by atoms with Gasteiger partial charge in [0.2, 0.25) is 0 Å². The maximum Gasteiger partial charge on any atom is 0.323 e. The smallest absolute Gasteiger partial charge is 0.323 e. The molecule has 0 unspecified atom stereocenters. The summed E-state index contributed by atoms with van der Waals surface area (Å²) in [6.45, 7) is 5.34. The average Bonchev–Trinajstić information content (AvgIpc) is 2.44. The highest BCUT2D eigenvalue weighted by Gasteiger charge is 2.46. The number of methoxy groups -OCH3 is 2. The normalized spacial score (nSPS) is 10.5. The fourth-order valence-corrected chi connectivity index (χ4v) is 1.61. The molecule has 0 aliphatic heterocycles. The van der Waals surface area contributed by atoms with E-state index in [1.54, 1.807) is 37.3 Å². The molecule has 0 aromatic rings. The van der Waals surface area contributed by atoms with Crippen molar-refractivity contribution in [2.45, 2.75) is 19.8 Å². The van der Waals surface area contributed by atoms with Crippen LogP contribution in [0, 0.1) is 5.41 Å². The summed E-state index contributed by atoms with van der Waals surface area (Å²) in [6, 6.07) is 0. The Morgan fingerprint density at radius 1 is 1.21 bits per heavy atom. The Morgan fingerprint density at radius 3 is 2.21 bits per heavy atom. The number of hydrogen-bond acceptors (Lipinski definition) is 4. The quantitative estimate of drug-likeness (QED) is 0.307. The third-order valence-corrected chi connectivity index (χ3v) is 2.63. The first-order chi connectivity index (χ1) is 9.08. The standard InChI is InChI=1S/C15H20O4/c1-5-7-9-11-15(13(16)18-3,14(17)19-4)12-10-8-6-2/h5-7,9-10H,1,11-12H2,2-4H3/b9-7+. The van der Waals surface area contributed by atoms with Gasteiger partial charge in [0.15, 0.2) is 5.41 Å². The van der Waals surface area contributed by atoms with Crippen molar-refractivity contribution in [2.24, 2.45) is 5.41 Å². The molecule has 0 atom stereocenters. The van der Waals surface area contributed by atoms with Crippen LogP contribution in [0.5, 0.6) is 0 Å². The van der Waals surface area contributed by atoms with Gasteiger partial charge >= 0.3 is 11.9 Å². The van der Waals surface area contributed by atoms with Gasteiger partial charge in [0.25, 0.3) is 0 Å². The zero-order valence-corrected chi connectivity index (χ0v) is 11.6. The number of ether oxygens (including phenoxy) is 2. The van der Waals surface area contributed by atoms with E-state index in [-0.39, 0.29) is 12.8 Å². The molecule has 0 bridgehead atoms. The molecule has 0 aromatic heterocycles. The second kappa shape index (κ2) is 8.95. The van der Waals surface area contributed by atoms with Crippen LogP contribution in [0.1, 0.15) is 19.8 Å². The highest BCUT2D eigenvalue weighted by Crippen LogP contribution is 2.31. The molecule has 0 saturated carbocycles. The van der Waals surface area contributed by atoms with Crippen molar-refractivity contribution < 1.29 is 19.1 Å². The molecular formula is C15H20O4. The van der Waals surface area contributed by atoms with Gasteiger partial charge in [-0.2, -0.15) is 0 Å². The van der Waals surface area contributed by atoms with Crippen LogP contribution >= 0.6 is 0 Å². The Hall–Kier alpha value is -2.06. The number of esters is 2. The lowest BCUT2D eigenvalue weighted by Crippen LogP contribution is -2.40. The van der Waals surface area contributed by atoms with Gasteiger partial charge in [-0.25, -0.2) is 0 Å². The zero-order chi connectivity index (χ0) is 14.7. The molecule has 4 nitrogen and oxygen atoms in total. The van der Waals surface area contributed by atoms with Gasteiger partial charge in [-0.15, -0.1) is 5.73 Å². The molecule has 0 amide bonds. The van der Waals surface area contributed by atoms with Gasteiger partial charge in [0, 0.05) is 0 Å². The minimum Gasteiger partial charge on any atom is -0.468 e. The summed E-state index contributed by atoms with van der Waals surface area (Å²) in [4.78, 5) is 24.0. The summed E-state index contributed by atoms with van der Waals surface area (Å²) >= 11 is 0. The summed E-state index contributed by atoms with van der Waals surface area (Å²) in [6.07, 6.45) is 8.58. The summed E-state index contributed by atoms with van der Waals surface area (Å²) in [7, 11) is 2.49. The summed E-state index contributed by atoms with van der Waals surface area (Å²) in [5, 5.41) is 0. The molecule has 104 valence electrons. The number of allylic oxidation sites excluding steroid dienone is 4. The van der Waals surface area contributed by atoms with Gasteiger partial charge in [-0.05, 0) is 31.9 Å². The van der Waals surface area contributed by atoms with Crippen LogP contribution in [-0.4, -0.2) is 26.2 Å². The van der Waals surface area contributed by atoms with E-state index in [9.17, 15) is 9.59 Å². The molecule has 19 heavy (non-hydrogen) atoms. The maximum absolute atomic E-state index is 12.0. The van der Waals surface area contributed by atoms with Crippen LogP contribution in [0.4, 0.5) is 0 Å². The molecule has 0 radical (unpaired) electrons. The van der Waals surface area contributed by atoms with Gasteiger partial charge in [0.05, 0.1) is 14.2 Å². The molecule has 0 aliphatic rings. The minimum atomic E-state index is -1.38. The second-order valence-corrected chi connectivity index (χ2v) is 3.80. The number of rotatable bonds is 7. The van der Waals surface area contributed by atoms with Crippen molar-refractivity contribution in [3.05, 3.63) is 42.7 Å². The van der Waals surface area contributed by atoms with Crippen molar-refractivity contribution in [2.75, 3.05) is 14.2 Å². The summed E-state index contributed by atoms with van der Waals surface area (Å²) < 4.78 is 9.49. The predicted octanol–water partition coefficient (Wildman–Crippen LogP) is 2.57.